The van der Waals surface area contributed by atoms with Crippen molar-refractivity contribution in [1.29, 1.82) is 0 Å². The van der Waals surface area contributed by atoms with Crippen LogP contribution >= 0.6 is 0 Å². The summed E-state index contributed by atoms with van der Waals surface area (Å²) >= 11 is 0. The van der Waals surface area contributed by atoms with Gasteiger partial charge in [0.2, 0.25) is 0 Å². The van der Waals surface area contributed by atoms with Gasteiger partial charge in [-0.05, 0) is 18.9 Å². The number of aryl methyl sites for hydroxylation is 1. The number of nitrogens with zero attached hydrogens (tertiary/aromatic N) is 4. The molecule has 7 heteroatoms. The standard InChI is InChI=1S/C18H26N6O/c1-2-19-18(20-11-16(25)10-14-6-4-3-5-7-14)23-15-8-9-17-21-13-22-24(17)12-15/h3-7,13,15-16,25H,2,8-12H2,1H3,(H2,19,20,23). The van der Waals surface area contributed by atoms with Crippen molar-refractivity contribution in [2.24, 2.45) is 4.99 Å². The Morgan fingerprint density at radius 3 is 3.04 bits per heavy atom. The first-order valence-electron chi connectivity index (χ1n) is 8.88. The van der Waals surface area contributed by atoms with Crippen molar-refractivity contribution < 1.29 is 5.11 Å². The van der Waals surface area contributed by atoms with E-state index in [0.717, 1.165) is 43.3 Å². The summed E-state index contributed by atoms with van der Waals surface area (Å²) in [6.07, 6.45) is 3.63. The molecule has 1 aromatic heterocycles. The second-order valence-corrected chi connectivity index (χ2v) is 6.30. The Morgan fingerprint density at radius 2 is 2.24 bits per heavy atom. The second-order valence-electron chi connectivity index (χ2n) is 6.30. The van der Waals surface area contributed by atoms with Gasteiger partial charge in [0, 0.05) is 25.4 Å². The summed E-state index contributed by atoms with van der Waals surface area (Å²) in [7, 11) is 0. The summed E-state index contributed by atoms with van der Waals surface area (Å²) in [6.45, 7) is 3.97. The van der Waals surface area contributed by atoms with Gasteiger partial charge < -0.3 is 15.7 Å². The van der Waals surface area contributed by atoms with E-state index in [-0.39, 0.29) is 6.04 Å². The molecule has 3 rings (SSSR count). The average Bonchev–Trinajstić information content (AvgIpc) is 3.08. The SMILES string of the molecule is CCNC(=NCC(O)Cc1ccccc1)NC1CCc2ncnn2C1. The van der Waals surface area contributed by atoms with Crippen molar-refractivity contribution in [3.8, 4) is 0 Å². The number of nitrogens with one attached hydrogen (secondary N) is 2. The summed E-state index contributed by atoms with van der Waals surface area (Å²) < 4.78 is 1.94. The number of benzene rings is 1. The van der Waals surface area contributed by atoms with E-state index < -0.39 is 6.10 Å². The molecule has 2 unspecified atom stereocenters. The van der Waals surface area contributed by atoms with Crippen LogP contribution in [0.5, 0.6) is 0 Å². The number of guanidine groups is 1. The topological polar surface area (TPSA) is 87.4 Å². The number of hydrogen-bond acceptors (Lipinski definition) is 4. The number of aliphatic hydroxyl groups excluding tert-OH is 1. The maximum Gasteiger partial charge on any atom is 0.191 e. The normalized spacial score (nSPS) is 18.5. The number of aromatic nitrogens is 3. The van der Waals surface area contributed by atoms with Crippen molar-refractivity contribution in [3.05, 3.63) is 48.0 Å². The van der Waals surface area contributed by atoms with Gasteiger partial charge in [0.25, 0.3) is 0 Å². The smallest absolute Gasteiger partial charge is 0.191 e. The van der Waals surface area contributed by atoms with Crippen LogP contribution < -0.4 is 10.6 Å². The fraction of sp³-hybridized carbons (Fsp3) is 0.500. The minimum Gasteiger partial charge on any atom is -0.391 e. The molecule has 0 bridgehead atoms. The lowest BCUT2D eigenvalue weighted by molar-refractivity contribution is 0.183. The van der Waals surface area contributed by atoms with Crippen molar-refractivity contribution >= 4 is 5.96 Å². The zero-order valence-electron chi connectivity index (χ0n) is 14.6. The molecule has 2 aromatic rings. The molecular weight excluding hydrogens is 316 g/mol. The van der Waals surface area contributed by atoms with E-state index in [2.05, 4.69) is 25.7 Å². The number of aliphatic imine (C=N–C) groups is 1. The Kier molecular flexibility index (Phi) is 6.00. The molecule has 0 aliphatic carbocycles. The summed E-state index contributed by atoms with van der Waals surface area (Å²) in [5.41, 5.74) is 1.12. The summed E-state index contributed by atoms with van der Waals surface area (Å²) in [5, 5.41) is 21.2. The van der Waals surface area contributed by atoms with Crippen LogP contribution in [0.15, 0.2) is 41.7 Å². The van der Waals surface area contributed by atoms with Gasteiger partial charge in [0.1, 0.15) is 12.2 Å². The van der Waals surface area contributed by atoms with Gasteiger partial charge in [-0.15, -0.1) is 0 Å². The number of rotatable bonds is 6. The molecule has 134 valence electrons. The lowest BCUT2D eigenvalue weighted by Gasteiger charge is -2.25. The maximum absolute atomic E-state index is 10.2. The number of hydrogen-bond donors (Lipinski definition) is 3. The predicted octanol–water partition coefficient (Wildman–Crippen LogP) is 0.752. The van der Waals surface area contributed by atoms with E-state index in [1.807, 2.05) is 41.9 Å². The zero-order chi connectivity index (χ0) is 17.5. The van der Waals surface area contributed by atoms with E-state index in [4.69, 9.17) is 0 Å². The fourth-order valence-corrected chi connectivity index (χ4v) is 3.02. The first-order valence-corrected chi connectivity index (χ1v) is 8.88. The first-order chi connectivity index (χ1) is 12.2. The molecule has 0 saturated heterocycles. The molecule has 3 N–H and O–H groups in total. The van der Waals surface area contributed by atoms with Crippen molar-refractivity contribution in [2.75, 3.05) is 13.1 Å². The van der Waals surface area contributed by atoms with Crippen LogP contribution in [0.3, 0.4) is 0 Å². The van der Waals surface area contributed by atoms with E-state index in [1.54, 1.807) is 6.33 Å². The quantitative estimate of drug-likeness (QED) is 0.533. The molecule has 25 heavy (non-hydrogen) atoms. The molecule has 1 aliphatic heterocycles. The Morgan fingerprint density at radius 1 is 1.40 bits per heavy atom. The van der Waals surface area contributed by atoms with Gasteiger partial charge >= 0.3 is 0 Å². The molecule has 1 aromatic carbocycles. The Bertz CT molecular complexity index is 684. The van der Waals surface area contributed by atoms with Crippen molar-refractivity contribution in [3.63, 3.8) is 0 Å². The van der Waals surface area contributed by atoms with Crippen LogP contribution in [-0.2, 0) is 19.4 Å². The van der Waals surface area contributed by atoms with E-state index >= 15 is 0 Å². The minimum absolute atomic E-state index is 0.262. The molecule has 2 atom stereocenters. The van der Waals surface area contributed by atoms with E-state index in [9.17, 15) is 5.11 Å². The van der Waals surface area contributed by atoms with Crippen molar-refractivity contribution in [2.45, 2.75) is 44.9 Å². The van der Waals surface area contributed by atoms with Crippen LogP contribution in [-0.4, -0.2) is 51.1 Å². The monoisotopic (exact) mass is 342 g/mol. The highest BCUT2D eigenvalue weighted by Crippen LogP contribution is 2.11. The van der Waals surface area contributed by atoms with Crippen LogP contribution in [0, 0.1) is 0 Å². The number of aliphatic hydroxyl groups is 1. The Hall–Kier alpha value is -2.41. The average molecular weight is 342 g/mol. The highest BCUT2D eigenvalue weighted by molar-refractivity contribution is 5.80. The summed E-state index contributed by atoms with van der Waals surface area (Å²) in [6, 6.07) is 10.3. The van der Waals surface area contributed by atoms with E-state index in [0.29, 0.717) is 13.0 Å². The third kappa shape index (κ3) is 5.03. The summed E-state index contributed by atoms with van der Waals surface area (Å²) in [4.78, 5) is 8.80. The fourth-order valence-electron chi connectivity index (χ4n) is 3.02. The number of fused-ring (bicyclic) bond motifs is 1. The molecule has 1 aliphatic rings. The molecule has 0 saturated carbocycles. The largest absolute Gasteiger partial charge is 0.391 e. The van der Waals surface area contributed by atoms with Crippen LogP contribution in [0.2, 0.25) is 0 Å². The third-order valence-electron chi connectivity index (χ3n) is 4.26. The molecule has 0 fully saturated rings. The maximum atomic E-state index is 10.2. The molecular formula is C18H26N6O. The van der Waals surface area contributed by atoms with Crippen LogP contribution in [0.4, 0.5) is 0 Å². The highest BCUT2D eigenvalue weighted by Gasteiger charge is 2.20. The highest BCUT2D eigenvalue weighted by atomic mass is 16.3. The van der Waals surface area contributed by atoms with Gasteiger partial charge in [-0.3, -0.25) is 4.99 Å². The molecule has 2 heterocycles. The molecule has 0 spiro atoms. The van der Waals surface area contributed by atoms with Gasteiger partial charge in [-0.1, -0.05) is 30.3 Å². The van der Waals surface area contributed by atoms with Gasteiger partial charge in [0.05, 0.1) is 19.2 Å². The zero-order valence-corrected chi connectivity index (χ0v) is 14.6. The van der Waals surface area contributed by atoms with Gasteiger partial charge in [-0.25, -0.2) is 9.67 Å². The van der Waals surface area contributed by atoms with Gasteiger partial charge in [0.15, 0.2) is 5.96 Å². The molecule has 7 nitrogen and oxygen atoms in total. The van der Waals surface area contributed by atoms with Crippen LogP contribution in [0.25, 0.3) is 0 Å². The van der Waals surface area contributed by atoms with Crippen LogP contribution in [0.1, 0.15) is 24.7 Å². The minimum atomic E-state index is -0.494. The second kappa shape index (κ2) is 8.62. The molecule has 0 amide bonds. The Labute approximate surface area is 148 Å². The third-order valence-corrected chi connectivity index (χ3v) is 4.26. The van der Waals surface area contributed by atoms with E-state index in [1.165, 1.54) is 0 Å². The first kappa shape index (κ1) is 17.4. The lowest BCUT2D eigenvalue weighted by atomic mass is 10.1. The lowest BCUT2D eigenvalue weighted by Crippen LogP contribution is -2.47. The molecule has 0 radical (unpaired) electrons. The summed E-state index contributed by atoms with van der Waals surface area (Å²) in [5.74, 6) is 1.78. The van der Waals surface area contributed by atoms with Gasteiger partial charge in [-0.2, -0.15) is 5.10 Å². The Balaban J connectivity index is 1.54. The predicted molar refractivity (Wildman–Crippen MR) is 97.4 cm³/mol. The van der Waals surface area contributed by atoms with Crippen molar-refractivity contribution in [1.82, 2.24) is 25.4 Å².